The first kappa shape index (κ1) is 47.0. The first-order chi connectivity index (χ1) is 23.4. The van der Waals surface area contributed by atoms with Crippen LogP contribution in [0.4, 0.5) is 0 Å². The van der Waals surface area contributed by atoms with Gasteiger partial charge in [-0.3, -0.25) is 7.32 Å². The van der Waals surface area contributed by atoms with Crippen molar-refractivity contribution in [3.8, 4) is 0 Å². The number of hydrogen-bond acceptors (Lipinski definition) is 3. The van der Waals surface area contributed by atoms with Crippen LogP contribution < -0.4 is 15.1 Å². The lowest BCUT2D eigenvalue weighted by Gasteiger charge is -2.35. The van der Waals surface area contributed by atoms with Gasteiger partial charge < -0.3 is 28.5 Å². The number of benzene rings is 3. The number of hydrogen-bond donors (Lipinski definition) is 0. The normalized spacial score (nSPS) is 12.6. The van der Waals surface area contributed by atoms with Crippen molar-refractivity contribution >= 4 is 28.9 Å². The maximum atomic E-state index is 8.42. The zero-order valence-corrected chi connectivity index (χ0v) is 34.1. The van der Waals surface area contributed by atoms with E-state index in [1.807, 2.05) is 0 Å². The molecule has 0 N–H and O–H groups in total. The van der Waals surface area contributed by atoms with Gasteiger partial charge in [0.05, 0.1) is 78.5 Å². The van der Waals surface area contributed by atoms with Crippen LogP contribution in [0.25, 0.3) is 21.5 Å². The molecule has 0 unspecified atom stereocenters. The van der Waals surface area contributed by atoms with Crippen LogP contribution in [0.5, 0.6) is 0 Å². The van der Waals surface area contributed by atoms with Crippen molar-refractivity contribution in [1.82, 2.24) is 0 Å². The minimum Gasteiger partial charge on any atom is -0.907 e. The van der Waals surface area contributed by atoms with E-state index in [0.29, 0.717) is 0 Å². The van der Waals surface area contributed by atoms with Crippen LogP contribution in [0.3, 0.4) is 0 Å². The van der Waals surface area contributed by atoms with Crippen molar-refractivity contribution in [1.29, 1.82) is 0 Å². The summed E-state index contributed by atoms with van der Waals surface area (Å²) in [4.78, 5) is 0. The van der Waals surface area contributed by atoms with Gasteiger partial charge in [-0.2, -0.15) is 0 Å². The van der Waals surface area contributed by atoms with E-state index in [-0.39, 0.29) is 0 Å². The van der Waals surface area contributed by atoms with E-state index >= 15 is 0 Å². The molecule has 0 spiro atoms. The number of rotatable bonds is 12. The minimum absolute atomic E-state index is 1.25. The van der Waals surface area contributed by atoms with Crippen molar-refractivity contribution in [2.75, 3.05) is 78.5 Å². The minimum atomic E-state index is -2.92. The van der Waals surface area contributed by atoms with E-state index in [4.69, 9.17) is 15.1 Å². The van der Waals surface area contributed by atoms with Crippen molar-refractivity contribution in [3.63, 3.8) is 0 Å². The van der Waals surface area contributed by atoms with E-state index < -0.39 is 7.32 Å². The van der Waals surface area contributed by atoms with Crippen LogP contribution in [0.2, 0.25) is 0 Å². The average molecular weight is 682 g/mol. The Balaban J connectivity index is 0.000000645. The Bertz CT molecular complexity index is 1170. The van der Waals surface area contributed by atoms with Gasteiger partial charge in [-0.15, -0.1) is 0 Å². The Morgan fingerprint density at radius 1 is 0.429 bits per heavy atom. The molecule has 0 saturated carbocycles. The number of fused-ring (bicyclic) bond motifs is 5. The lowest BCUT2D eigenvalue weighted by atomic mass is 9.86. The molecule has 0 bridgehead atoms. The molecule has 3 aromatic rings. The molecule has 0 heterocycles. The Morgan fingerprint density at radius 3 is 1.14 bits per heavy atom. The third-order valence-corrected chi connectivity index (χ3v) is 12.3. The molecule has 0 fully saturated rings. The SMILES string of the molecule is CC[N+](CC)(CC)CC.CC[N+](CC)(CC)CC.CC[N+](CC)(CC)CC.[O-]B([O-])[O-].c1ccc2c(c1)ccc1c3c(ccc12)CCCC3. The lowest BCUT2D eigenvalue weighted by Crippen LogP contribution is -2.56. The molecule has 1 aliphatic rings. The summed E-state index contributed by atoms with van der Waals surface area (Å²) in [5.74, 6) is 0. The summed E-state index contributed by atoms with van der Waals surface area (Å²) in [5.41, 5.74) is 3.17. The van der Waals surface area contributed by atoms with Crippen molar-refractivity contribution in [2.24, 2.45) is 0 Å². The second kappa shape index (κ2) is 25.0. The second-order valence-electron chi connectivity index (χ2n) is 13.4. The van der Waals surface area contributed by atoms with Gasteiger partial charge >= 0.3 is 0 Å². The van der Waals surface area contributed by atoms with E-state index in [1.165, 1.54) is 139 Å². The fourth-order valence-corrected chi connectivity index (χ4v) is 7.37. The largest absolute Gasteiger partial charge is 0.907 e. The second-order valence-corrected chi connectivity index (χ2v) is 13.4. The predicted molar refractivity (Wildman–Crippen MR) is 211 cm³/mol. The highest BCUT2D eigenvalue weighted by Gasteiger charge is 2.18. The van der Waals surface area contributed by atoms with Gasteiger partial charge in [-0.1, -0.05) is 48.5 Å². The Morgan fingerprint density at radius 2 is 0.776 bits per heavy atom. The fraction of sp³-hybridized carbons (Fsp3) is 0.667. The Hall–Kier alpha value is -2.00. The van der Waals surface area contributed by atoms with Crippen LogP contribution in [0.15, 0.2) is 48.5 Å². The molecule has 0 aromatic heterocycles. The molecular weight excluding hydrogens is 605 g/mol. The zero-order valence-electron chi connectivity index (χ0n) is 34.1. The first-order valence-electron chi connectivity index (χ1n) is 19.8. The molecule has 7 heteroatoms. The molecule has 0 radical (unpaired) electrons. The third kappa shape index (κ3) is 14.6. The highest BCUT2D eigenvalue weighted by Crippen LogP contribution is 2.33. The van der Waals surface area contributed by atoms with E-state index in [9.17, 15) is 0 Å². The van der Waals surface area contributed by atoms with Crippen LogP contribution in [-0.4, -0.2) is 99.3 Å². The monoisotopic (exact) mass is 682 g/mol. The number of aryl methyl sites for hydroxylation is 2. The van der Waals surface area contributed by atoms with E-state index in [1.54, 1.807) is 11.1 Å². The molecule has 0 atom stereocenters. The topological polar surface area (TPSA) is 69.2 Å². The summed E-state index contributed by atoms with van der Waals surface area (Å²) in [6, 6.07) is 18.0. The summed E-state index contributed by atoms with van der Waals surface area (Å²) < 4.78 is 3.83. The Kier molecular flexibility index (Phi) is 24.0. The van der Waals surface area contributed by atoms with E-state index in [0.717, 1.165) is 0 Å². The molecule has 0 aliphatic heterocycles. The third-order valence-electron chi connectivity index (χ3n) is 12.3. The van der Waals surface area contributed by atoms with Gasteiger partial charge in [-0.25, -0.2) is 0 Å². The van der Waals surface area contributed by atoms with Gasteiger partial charge in [-0.05, 0) is 141 Å². The van der Waals surface area contributed by atoms with E-state index in [2.05, 4.69) is 132 Å². The molecule has 49 heavy (non-hydrogen) atoms. The summed E-state index contributed by atoms with van der Waals surface area (Å²) >= 11 is 0. The van der Waals surface area contributed by atoms with Crippen molar-refractivity contribution in [2.45, 2.75) is 109 Å². The summed E-state index contributed by atoms with van der Waals surface area (Å²) in [7, 11) is -2.92. The maximum absolute atomic E-state index is 8.42. The van der Waals surface area contributed by atoms with Gasteiger partial charge in [0.25, 0.3) is 0 Å². The van der Waals surface area contributed by atoms with Crippen molar-refractivity contribution < 1.29 is 28.5 Å². The van der Waals surface area contributed by atoms with Crippen LogP contribution in [-0.2, 0) is 12.8 Å². The van der Waals surface area contributed by atoms with Crippen LogP contribution in [0, 0.1) is 0 Å². The quantitative estimate of drug-likeness (QED) is 0.123. The standard InChI is InChI=1S/C18H16.3C8H20N.BO3/c1-3-7-15-13(5-1)9-11-18-16-8-4-2-6-14(16)10-12-17(15)18;3*1-5-9(6-2,7-3)8-4;2-1(3)4/h1,3,5,7,9-12H,2,4,6,8H2;3*5-8H2,1-4H3;/q;3*+1;-3. The molecule has 0 amide bonds. The smallest absolute Gasteiger partial charge is 0.0757 e. The molecule has 4 rings (SSSR count). The van der Waals surface area contributed by atoms with Gasteiger partial charge in [0.2, 0.25) is 0 Å². The fourth-order valence-electron chi connectivity index (χ4n) is 7.37. The molecule has 280 valence electrons. The molecule has 3 aromatic carbocycles. The lowest BCUT2D eigenvalue weighted by molar-refractivity contribution is -0.921. The van der Waals surface area contributed by atoms with Gasteiger partial charge in [0, 0.05) is 0 Å². The van der Waals surface area contributed by atoms with Gasteiger partial charge in [0.1, 0.15) is 0 Å². The first-order valence-corrected chi connectivity index (χ1v) is 19.8. The summed E-state index contributed by atoms with van der Waals surface area (Å²) in [5, 5.41) is 30.9. The summed E-state index contributed by atoms with van der Waals surface area (Å²) in [6.45, 7) is 42.7. The van der Waals surface area contributed by atoms with Crippen LogP contribution in [0.1, 0.15) is 107 Å². The zero-order chi connectivity index (χ0) is 37.5. The average Bonchev–Trinajstić information content (AvgIpc) is 3.15. The van der Waals surface area contributed by atoms with Gasteiger partial charge in [0.15, 0.2) is 0 Å². The predicted octanol–water partition coefficient (Wildman–Crippen LogP) is 6.57. The maximum Gasteiger partial charge on any atom is 0.0757 e. The number of nitrogens with zero attached hydrogens (tertiary/aromatic N) is 3. The number of quaternary nitrogens is 3. The molecule has 0 saturated heterocycles. The molecular formula is C42H76BN3O3. The highest BCUT2D eigenvalue weighted by atomic mass is 16.5. The summed E-state index contributed by atoms with van der Waals surface area (Å²) in [6.07, 6.45) is 5.22. The highest BCUT2D eigenvalue weighted by molar-refractivity contribution is 6.24. The van der Waals surface area contributed by atoms with Crippen LogP contribution >= 0.6 is 0 Å². The van der Waals surface area contributed by atoms with Crippen molar-refractivity contribution in [3.05, 3.63) is 59.7 Å². The molecule has 6 nitrogen and oxygen atoms in total. The molecule has 1 aliphatic carbocycles. The Labute approximate surface area is 303 Å².